The summed E-state index contributed by atoms with van der Waals surface area (Å²) in [5, 5.41) is 6.29. The van der Waals surface area contributed by atoms with Gasteiger partial charge in [-0.2, -0.15) is 0 Å². The lowest BCUT2D eigenvalue weighted by atomic mass is 10.0. The van der Waals surface area contributed by atoms with Crippen molar-refractivity contribution in [3.05, 3.63) is 77.6 Å². The molecule has 0 saturated carbocycles. The number of hydrogen-bond donors (Lipinski definition) is 3. The Morgan fingerprint density at radius 1 is 1.09 bits per heavy atom. The molecule has 2 heterocycles. The Morgan fingerprint density at radius 2 is 1.82 bits per heavy atom. The molecule has 1 aliphatic rings. The minimum atomic E-state index is -0.648. The molecule has 3 aromatic rings. The summed E-state index contributed by atoms with van der Waals surface area (Å²) in [6, 6.07) is 17.2. The molecule has 1 fully saturated rings. The van der Waals surface area contributed by atoms with Gasteiger partial charge in [-0.3, -0.25) is 9.59 Å². The van der Waals surface area contributed by atoms with Crippen molar-refractivity contribution in [2.75, 3.05) is 23.3 Å². The van der Waals surface area contributed by atoms with Gasteiger partial charge >= 0.3 is 0 Å². The van der Waals surface area contributed by atoms with Gasteiger partial charge in [-0.05, 0) is 48.6 Å². The van der Waals surface area contributed by atoms with Crippen LogP contribution in [0.2, 0.25) is 0 Å². The molecule has 0 spiro atoms. The van der Waals surface area contributed by atoms with E-state index < -0.39 is 5.91 Å². The fourth-order valence-corrected chi connectivity index (χ4v) is 4.05. The lowest BCUT2D eigenvalue weighted by Gasteiger charge is -2.34. The Labute approximate surface area is 199 Å². The van der Waals surface area contributed by atoms with E-state index in [0.717, 1.165) is 25.1 Å². The predicted molar refractivity (Wildman–Crippen MR) is 134 cm³/mol. The second kappa shape index (κ2) is 10.3. The Kier molecular flexibility index (Phi) is 7.06. The molecule has 0 radical (unpaired) electrons. The van der Waals surface area contributed by atoms with Gasteiger partial charge in [0.2, 0.25) is 0 Å². The first kappa shape index (κ1) is 23.2. The van der Waals surface area contributed by atoms with E-state index >= 15 is 0 Å². The van der Waals surface area contributed by atoms with Crippen molar-refractivity contribution < 1.29 is 9.59 Å². The average Bonchev–Trinajstić information content (AvgIpc) is 2.84. The number of piperidine rings is 1. The molecule has 2 amide bonds. The van der Waals surface area contributed by atoms with Crippen LogP contribution in [0.5, 0.6) is 0 Å². The predicted octanol–water partition coefficient (Wildman–Crippen LogP) is 3.84. The molecule has 1 atom stereocenters. The first-order valence-corrected chi connectivity index (χ1v) is 11.6. The van der Waals surface area contributed by atoms with Gasteiger partial charge in [-0.15, -0.1) is 0 Å². The first-order valence-electron chi connectivity index (χ1n) is 11.6. The van der Waals surface area contributed by atoms with Gasteiger partial charge in [0.25, 0.3) is 11.8 Å². The number of anilines is 3. The molecule has 1 unspecified atom stereocenters. The van der Waals surface area contributed by atoms with Crippen molar-refractivity contribution in [2.45, 2.75) is 38.6 Å². The highest BCUT2D eigenvalue weighted by Crippen LogP contribution is 2.23. The first-order chi connectivity index (χ1) is 16.4. The number of amides is 2. The smallest absolute Gasteiger partial charge is 0.271 e. The largest absolute Gasteiger partial charge is 0.364 e. The van der Waals surface area contributed by atoms with Crippen LogP contribution in [-0.2, 0) is 0 Å². The monoisotopic (exact) mass is 458 g/mol. The van der Waals surface area contributed by atoms with Crippen LogP contribution in [-0.4, -0.2) is 40.9 Å². The third-order valence-corrected chi connectivity index (χ3v) is 5.95. The fraction of sp³-hybridized carbons (Fsp3) is 0.308. The maximum absolute atomic E-state index is 12.8. The van der Waals surface area contributed by atoms with Crippen LogP contribution >= 0.6 is 0 Å². The number of benzene rings is 2. The highest BCUT2D eigenvalue weighted by Gasteiger charge is 2.24. The summed E-state index contributed by atoms with van der Waals surface area (Å²) in [5.41, 5.74) is 8.24. The zero-order valence-corrected chi connectivity index (χ0v) is 19.5. The van der Waals surface area contributed by atoms with Gasteiger partial charge in [0, 0.05) is 30.4 Å². The van der Waals surface area contributed by atoms with E-state index in [-0.39, 0.29) is 17.6 Å². The van der Waals surface area contributed by atoms with E-state index in [1.807, 2.05) is 54.6 Å². The van der Waals surface area contributed by atoms with Crippen LogP contribution in [0.4, 0.5) is 17.3 Å². The van der Waals surface area contributed by atoms with Gasteiger partial charge in [-0.25, -0.2) is 9.97 Å². The molecule has 1 saturated heterocycles. The van der Waals surface area contributed by atoms with Crippen molar-refractivity contribution in [2.24, 2.45) is 5.73 Å². The standard InChI is InChI=1S/C26H30N6O2/c1-17(2)18-10-12-19(13-11-18)26(34)30-21-9-6-14-32(16-21)22-15-28-23(24(27)33)25(31-22)29-20-7-4-3-5-8-20/h3-5,7-8,10-13,15,17,21H,6,9,14,16H2,1-2H3,(H2,27,33)(H,29,31)(H,30,34). The molecular formula is C26H30N6O2. The van der Waals surface area contributed by atoms with Crippen molar-refractivity contribution in [3.63, 3.8) is 0 Å². The molecule has 4 rings (SSSR count). The Bertz CT molecular complexity index is 1150. The van der Waals surface area contributed by atoms with Gasteiger partial charge in [0.05, 0.1) is 6.20 Å². The summed E-state index contributed by atoms with van der Waals surface area (Å²) in [7, 11) is 0. The highest BCUT2D eigenvalue weighted by atomic mass is 16.2. The van der Waals surface area contributed by atoms with Crippen LogP contribution < -0.4 is 21.3 Å². The van der Waals surface area contributed by atoms with Crippen molar-refractivity contribution in [3.8, 4) is 0 Å². The minimum absolute atomic E-state index is 0.0193. The highest BCUT2D eigenvalue weighted by molar-refractivity contribution is 5.96. The summed E-state index contributed by atoms with van der Waals surface area (Å²) < 4.78 is 0. The summed E-state index contributed by atoms with van der Waals surface area (Å²) in [6.07, 6.45) is 3.34. The molecule has 4 N–H and O–H groups in total. The number of nitrogens with one attached hydrogen (secondary N) is 2. The van der Waals surface area contributed by atoms with Gasteiger partial charge < -0.3 is 21.3 Å². The molecule has 34 heavy (non-hydrogen) atoms. The van der Waals surface area contributed by atoms with Crippen LogP contribution in [0, 0.1) is 0 Å². The fourth-order valence-electron chi connectivity index (χ4n) is 4.05. The molecule has 2 aromatic carbocycles. The van der Waals surface area contributed by atoms with Crippen LogP contribution in [0.25, 0.3) is 0 Å². The van der Waals surface area contributed by atoms with Gasteiger partial charge in [0.15, 0.2) is 11.5 Å². The zero-order chi connectivity index (χ0) is 24.1. The summed E-state index contributed by atoms with van der Waals surface area (Å²) in [4.78, 5) is 35.7. The van der Waals surface area contributed by atoms with Gasteiger partial charge in [0.1, 0.15) is 5.82 Å². The third kappa shape index (κ3) is 5.51. The van der Waals surface area contributed by atoms with Crippen molar-refractivity contribution in [1.29, 1.82) is 0 Å². The third-order valence-electron chi connectivity index (χ3n) is 5.95. The van der Waals surface area contributed by atoms with Crippen molar-refractivity contribution in [1.82, 2.24) is 15.3 Å². The molecule has 1 aliphatic heterocycles. The SMILES string of the molecule is CC(C)c1ccc(C(=O)NC2CCCN(c3cnc(C(N)=O)c(Nc4ccccc4)n3)C2)cc1. The topological polar surface area (TPSA) is 113 Å². The molecule has 176 valence electrons. The van der Waals surface area contributed by atoms with E-state index in [0.29, 0.717) is 29.7 Å². The zero-order valence-electron chi connectivity index (χ0n) is 19.5. The number of nitrogens with two attached hydrogens (primary N) is 1. The Hall–Kier alpha value is -3.94. The minimum Gasteiger partial charge on any atom is -0.364 e. The normalized spacial score (nSPS) is 15.7. The molecule has 8 heteroatoms. The molecule has 8 nitrogen and oxygen atoms in total. The van der Waals surface area contributed by atoms with E-state index in [2.05, 4.69) is 39.3 Å². The van der Waals surface area contributed by atoms with E-state index in [1.165, 1.54) is 5.56 Å². The van der Waals surface area contributed by atoms with Crippen LogP contribution in [0.15, 0.2) is 60.8 Å². The summed E-state index contributed by atoms with van der Waals surface area (Å²) >= 11 is 0. The molecule has 1 aromatic heterocycles. The lowest BCUT2D eigenvalue weighted by Crippen LogP contribution is -2.48. The molecule has 0 aliphatic carbocycles. The summed E-state index contributed by atoms with van der Waals surface area (Å²) in [6.45, 7) is 5.65. The second-order valence-electron chi connectivity index (χ2n) is 8.82. The quantitative estimate of drug-likeness (QED) is 0.496. The number of primary amides is 1. The van der Waals surface area contributed by atoms with Crippen molar-refractivity contribution >= 4 is 29.1 Å². The number of carbonyl (C=O) groups is 2. The van der Waals surface area contributed by atoms with Crippen LogP contribution in [0.1, 0.15) is 59.0 Å². The number of nitrogens with zero attached hydrogens (tertiary/aromatic N) is 3. The lowest BCUT2D eigenvalue weighted by molar-refractivity contribution is 0.0932. The molecule has 0 bridgehead atoms. The second-order valence-corrected chi connectivity index (χ2v) is 8.82. The van der Waals surface area contributed by atoms with Gasteiger partial charge in [-0.1, -0.05) is 44.2 Å². The molecular weight excluding hydrogens is 428 g/mol. The Morgan fingerprint density at radius 3 is 2.50 bits per heavy atom. The number of para-hydroxylation sites is 1. The van der Waals surface area contributed by atoms with E-state index in [9.17, 15) is 9.59 Å². The Balaban J connectivity index is 1.47. The average molecular weight is 459 g/mol. The number of aromatic nitrogens is 2. The number of hydrogen-bond acceptors (Lipinski definition) is 6. The van der Waals surface area contributed by atoms with Crippen LogP contribution in [0.3, 0.4) is 0 Å². The summed E-state index contributed by atoms with van der Waals surface area (Å²) in [5.74, 6) is 0.636. The number of rotatable bonds is 7. The maximum atomic E-state index is 12.8. The van der Waals surface area contributed by atoms with E-state index in [1.54, 1.807) is 6.20 Å². The number of carbonyl (C=O) groups excluding carboxylic acids is 2. The van der Waals surface area contributed by atoms with E-state index in [4.69, 9.17) is 5.73 Å². The maximum Gasteiger partial charge on any atom is 0.271 e.